The number of likely N-dealkylation sites (N-methyl/N-ethyl adjacent to an activating group) is 1. The Bertz CT molecular complexity index is 478. The summed E-state index contributed by atoms with van der Waals surface area (Å²) in [5, 5.41) is 3.24. The highest BCUT2D eigenvalue weighted by Gasteiger charge is 2.14. The van der Waals surface area contributed by atoms with Crippen LogP contribution in [-0.2, 0) is 6.42 Å². The Labute approximate surface area is 109 Å². The van der Waals surface area contributed by atoms with Gasteiger partial charge in [0.1, 0.15) is 5.76 Å². The zero-order valence-corrected chi connectivity index (χ0v) is 11.5. The van der Waals surface area contributed by atoms with Crippen LogP contribution in [0.1, 0.15) is 23.1 Å². The van der Waals surface area contributed by atoms with Gasteiger partial charge in [0, 0.05) is 18.3 Å². The summed E-state index contributed by atoms with van der Waals surface area (Å²) in [6, 6.07) is 8.16. The van der Waals surface area contributed by atoms with Crippen LogP contribution < -0.4 is 5.32 Å². The molecule has 0 radical (unpaired) electrons. The Morgan fingerprint density at radius 3 is 2.71 bits per heavy atom. The van der Waals surface area contributed by atoms with E-state index in [2.05, 4.69) is 38.4 Å². The van der Waals surface area contributed by atoms with E-state index in [4.69, 9.17) is 4.42 Å². The Kier molecular flexibility index (Phi) is 3.97. The zero-order valence-electron chi connectivity index (χ0n) is 9.90. The van der Waals surface area contributed by atoms with E-state index in [-0.39, 0.29) is 6.04 Å². The van der Waals surface area contributed by atoms with Gasteiger partial charge in [-0.05, 0) is 53.7 Å². The normalized spacial score (nSPS) is 12.6. The Hall–Kier alpha value is -1.13. The van der Waals surface area contributed by atoms with Gasteiger partial charge in [-0.1, -0.05) is 6.07 Å². The number of aromatic nitrogens is 1. The second-order valence-corrected chi connectivity index (χ2v) is 4.80. The van der Waals surface area contributed by atoms with Crippen LogP contribution in [0.5, 0.6) is 0 Å². The van der Waals surface area contributed by atoms with Crippen molar-refractivity contribution in [3.63, 3.8) is 0 Å². The molecule has 17 heavy (non-hydrogen) atoms. The molecule has 0 aliphatic heterocycles. The SMILES string of the molecule is CNC(Cc1ccc(C)cn1)c1ccc(Br)o1. The highest BCUT2D eigenvalue weighted by Crippen LogP contribution is 2.22. The van der Waals surface area contributed by atoms with Gasteiger partial charge in [-0.15, -0.1) is 0 Å². The lowest BCUT2D eigenvalue weighted by Gasteiger charge is -2.13. The van der Waals surface area contributed by atoms with Gasteiger partial charge < -0.3 is 9.73 Å². The molecular formula is C13H15BrN2O. The van der Waals surface area contributed by atoms with Crippen LogP contribution in [0, 0.1) is 6.92 Å². The molecule has 90 valence electrons. The number of hydrogen-bond acceptors (Lipinski definition) is 3. The van der Waals surface area contributed by atoms with Gasteiger partial charge in [0.05, 0.1) is 6.04 Å². The summed E-state index contributed by atoms with van der Waals surface area (Å²) in [5.74, 6) is 0.918. The van der Waals surface area contributed by atoms with Gasteiger partial charge in [-0.25, -0.2) is 0 Å². The van der Waals surface area contributed by atoms with E-state index in [1.807, 2.05) is 32.3 Å². The van der Waals surface area contributed by atoms with Crippen LogP contribution in [0.3, 0.4) is 0 Å². The van der Waals surface area contributed by atoms with Crippen molar-refractivity contribution in [3.8, 4) is 0 Å². The maximum Gasteiger partial charge on any atom is 0.169 e. The van der Waals surface area contributed by atoms with Gasteiger partial charge in [0.25, 0.3) is 0 Å². The van der Waals surface area contributed by atoms with Crippen LogP contribution in [0.4, 0.5) is 0 Å². The van der Waals surface area contributed by atoms with Crippen molar-refractivity contribution in [2.24, 2.45) is 0 Å². The third-order valence-corrected chi connectivity index (χ3v) is 3.10. The molecule has 1 unspecified atom stereocenters. The molecule has 2 heterocycles. The lowest BCUT2D eigenvalue weighted by atomic mass is 10.1. The molecule has 0 saturated carbocycles. The van der Waals surface area contributed by atoms with E-state index in [0.717, 1.165) is 22.5 Å². The smallest absolute Gasteiger partial charge is 0.169 e. The maximum absolute atomic E-state index is 5.56. The van der Waals surface area contributed by atoms with Crippen LogP contribution >= 0.6 is 15.9 Å². The molecule has 0 aliphatic carbocycles. The summed E-state index contributed by atoms with van der Waals surface area (Å²) in [6.45, 7) is 2.04. The minimum Gasteiger partial charge on any atom is -0.453 e. The molecule has 2 rings (SSSR count). The van der Waals surface area contributed by atoms with E-state index < -0.39 is 0 Å². The third-order valence-electron chi connectivity index (χ3n) is 2.67. The Morgan fingerprint density at radius 2 is 2.18 bits per heavy atom. The van der Waals surface area contributed by atoms with Crippen molar-refractivity contribution < 1.29 is 4.42 Å². The first kappa shape index (κ1) is 12.3. The van der Waals surface area contributed by atoms with Crippen molar-refractivity contribution >= 4 is 15.9 Å². The molecule has 0 bridgehead atoms. The topological polar surface area (TPSA) is 38.1 Å². The quantitative estimate of drug-likeness (QED) is 0.941. The highest BCUT2D eigenvalue weighted by atomic mass is 79.9. The molecule has 0 spiro atoms. The molecule has 4 heteroatoms. The van der Waals surface area contributed by atoms with Crippen molar-refractivity contribution in [3.05, 3.63) is 52.1 Å². The first-order valence-electron chi connectivity index (χ1n) is 5.53. The fourth-order valence-electron chi connectivity index (χ4n) is 1.69. The van der Waals surface area contributed by atoms with Crippen LogP contribution in [0.15, 0.2) is 39.5 Å². The number of aryl methyl sites for hydroxylation is 1. The molecule has 2 aromatic rings. The predicted molar refractivity (Wildman–Crippen MR) is 70.9 cm³/mol. The first-order valence-corrected chi connectivity index (χ1v) is 6.32. The standard InChI is InChI=1S/C13H15BrN2O/c1-9-3-4-10(16-8-9)7-11(15-2)12-5-6-13(14)17-12/h3-6,8,11,15H,7H2,1-2H3. The van der Waals surface area contributed by atoms with Gasteiger partial charge >= 0.3 is 0 Å². The van der Waals surface area contributed by atoms with Crippen LogP contribution in [0.25, 0.3) is 0 Å². The van der Waals surface area contributed by atoms with Crippen LogP contribution in [0.2, 0.25) is 0 Å². The van der Waals surface area contributed by atoms with Crippen LogP contribution in [-0.4, -0.2) is 12.0 Å². The summed E-state index contributed by atoms with van der Waals surface area (Å²) >= 11 is 3.31. The lowest BCUT2D eigenvalue weighted by Crippen LogP contribution is -2.18. The third kappa shape index (κ3) is 3.17. The van der Waals surface area contributed by atoms with Crippen molar-refractivity contribution in [1.29, 1.82) is 0 Å². The largest absolute Gasteiger partial charge is 0.453 e. The molecule has 1 N–H and O–H groups in total. The molecule has 3 nitrogen and oxygen atoms in total. The van der Waals surface area contributed by atoms with E-state index in [0.29, 0.717) is 0 Å². The second kappa shape index (κ2) is 5.47. The zero-order chi connectivity index (χ0) is 12.3. The average Bonchev–Trinajstić information content (AvgIpc) is 2.75. The molecule has 1 atom stereocenters. The number of rotatable bonds is 4. The minimum absolute atomic E-state index is 0.150. The highest BCUT2D eigenvalue weighted by molar-refractivity contribution is 9.10. The monoisotopic (exact) mass is 294 g/mol. The lowest BCUT2D eigenvalue weighted by molar-refractivity contribution is 0.415. The first-order chi connectivity index (χ1) is 8.19. The number of hydrogen-bond donors (Lipinski definition) is 1. The maximum atomic E-state index is 5.56. The summed E-state index contributed by atoms with van der Waals surface area (Å²) in [4.78, 5) is 4.40. The molecule has 0 aromatic carbocycles. The van der Waals surface area contributed by atoms with Gasteiger partial charge in [0.2, 0.25) is 0 Å². The van der Waals surface area contributed by atoms with Gasteiger partial charge in [-0.3, -0.25) is 4.98 Å². The molecule has 0 aliphatic rings. The second-order valence-electron chi connectivity index (χ2n) is 4.01. The van der Waals surface area contributed by atoms with Crippen molar-refractivity contribution in [2.75, 3.05) is 7.05 Å². The number of nitrogens with zero attached hydrogens (tertiary/aromatic N) is 1. The fraction of sp³-hybridized carbons (Fsp3) is 0.308. The number of furan rings is 1. The molecule has 2 aromatic heterocycles. The summed E-state index contributed by atoms with van der Waals surface area (Å²) < 4.78 is 6.31. The van der Waals surface area contributed by atoms with Crippen molar-refractivity contribution in [1.82, 2.24) is 10.3 Å². The van der Waals surface area contributed by atoms with Gasteiger partial charge in [0.15, 0.2) is 4.67 Å². The fourth-order valence-corrected chi connectivity index (χ4v) is 2.01. The van der Waals surface area contributed by atoms with E-state index in [1.165, 1.54) is 5.56 Å². The van der Waals surface area contributed by atoms with Crippen molar-refractivity contribution in [2.45, 2.75) is 19.4 Å². The molecular weight excluding hydrogens is 280 g/mol. The molecule has 0 saturated heterocycles. The van der Waals surface area contributed by atoms with Gasteiger partial charge in [-0.2, -0.15) is 0 Å². The van der Waals surface area contributed by atoms with E-state index in [9.17, 15) is 0 Å². The number of halogens is 1. The summed E-state index contributed by atoms with van der Waals surface area (Å²) in [5.41, 5.74) is 2.23. The number of pyridine rings is 1. The predicted octanol–water partition coefficient (Wildman–Crippen LogP) is 3.25. The Morgan fingerprint density at radius 1 is 1.35 bits per heavy atom. The summed E-state index contributed by atoms with van der Waals surface area (Å²) in [6.07, 6.45) is 2.71. The number of nitrogens with one attached hydrogen (secondary N) is 1. The molecule has 0 amide bonds. The van der Waals surface area contributed by atoms with E-state index in [1.54, 1.807) is 0 Å². The van der Waals surface area contributed by atoms with E-state index >= 15 is 0 Å². The summed E-state index contributed by atoms with van der Waals surface area (Å²) in [7, 11) is 1.93. The molecule has 0 fully saturated rings. The minimum atomic E-state index is 0.150. The average molecular weight is 295 g/mol. The Balaban J connectivity index is 2.12.